The molecule has 22 heavy (non-hydrogen) atoms. The molecule has 0 radical (unpaired) electrons. The van der Waals surface area contributed by atoms with Gasteiger partial charge in [0.05, 0.1) is 7.11 Å². The van der Waals surface area contributed by atoms with Crippen LogP contribution in [0.3, 0.4) is 0 Å². The zero-order valence-corrected chi connectivity index (χ0v) is 14.5. The summed E-state index contributed by atoms with van der Waals surface area (Å²) in [6, 6.07) is -0.130. The van der Waals surface area contributed by atoms with Gasteiger partial charge < -0.3 is 20.7 Å². The van der Waals surface area contributed by atoms with Crippen molar-refractivity contribution in [3.05, 3.63) is 0 Å². The number of hydrogen-bond acceptors (Lipinski definition) is 5. The smallest absolute Gasteiger partial charge is 0.305 e. The SMILES string of the molecule is COC(=O)CCCCCCCCCC(N)CC(O)(Cl)CCO. The highest BCUT2D eigenvalue weighted by Gasteiger charge is 2.25. The normalized spacial score (nSPS) is 15.3. The van der Waals surface area contributed by atoms with Crippen molar-refractivity contribution in [2.24, 2.45) is 5.73 Å². The molecular weight excluding hydrogens is 306 g/mol. The van der Waals surface area contributed by atoms with Gasteiger partial charge in [0.2, 0.25) is 0 Å². The van der Waals surface area contributed by atoms with Crippen LogP contribution in [0.25, 0.3) is 0 Å². The van der Waals surface area contributed by atoms with Crippen molar-refractivity contribution in [1.82, 2.24) is 0 Å². The second-order valence-corrected chi connectivity index (χ2v) is 6.65. The molecule has 4 N–H and O–H groups in total. The number of nitrogens with two attached hydrogens (primary N) is 1. The maximum absolute atomic E-state index is 10.9. The van der Waals surface area contributed by atoms with Gasteiger partial charge in [0.1, 0.15) is 5.06 Å². The minimum Gasteiger partial charge on any atom is -0.469 e. The lowest BCUT2D eigenvalue weighted by Crippen LogP contribution is -2.33. The van der Waals surface area contributed by atoms with Crippen LogP contribution < -0.4 is 5.73 Å². The van der Waals surface area contributed by atoms with E-state index in [0.717, 1.165) is 44.9 Å². The Morgan fingerprint density at radius 3 is 2.27 bits per heavy atom. The van der Waals surface area contributed by atoms with Gasteiger partial charge >= 0.3 is 5.97 Å². The summed E-state index contributed by atoms with van der Waals surface area (Å²) in [5, 5.41) is 17.2. The first-order valence-corrected chi connectivity index (χ1v) is 8.63. The van der Waals surface area contributed by atoms with E-state index in [1.54, 1.807) is 0 Å². The maximum atomic E-state index is 10.9. The molecule has 0 aliphatic rings. The average molecular weight is 338 g/mol. The van der Waals surface area contributed by atoms with Crippen LogP contribution in [0.4, 0.5) is 0 Å². The van der Waals surface area contributed by atoms with Gasteiger partial charge in [-0.15, -0.1) is 0 Å². The van der Waals surface area contributed by atoms with Crippen LogP contribution in [0, 0.1) is 0 Å². The fraction of sp³-hybridized carbons (Fsp3) is 0.938. The number of esters is 1. The molecule has 0 saturated heterocycles. The lowest BCUT2D eigenvalue weighted by Gasteiger charge is -2.23. The molecular formula is C16H32ClNO4. The van der Waals surface area contributed by atoms with Crippen LogP contribution in [0.2, 0.25) is 0 Å². The summed E-state index contributed by atoms with van der Waals surface area (Å²) < 4.78 is 4.59. The third-order valence-electron chi connectivity index (χ3n) is 3.75. The van der Waals surface area contributed by atoms with Gasteiger partial charge in [-0.05, 0) is 12.8 Å². The van der Waals surface area contributed by atoms with E-state index in [-0.39, 0.29) is 25.0 Å². The largest absolute Gasteiger partial charge is 0.469 e. The van der Waals surface area contributed by atoms with Crippen molar-refractivity contribution in [3.8, 4) is 0 Å². The molecule has 0 aliphatic heterocycles. The van der Waals surface area contributed by atoms with Crippen molar-refractivity contribution in [2.75, 3.05) is 13.7 Å². The molecule has 0 aliphatic carbocycles. The van der Waals surface area contributed by atoms with Crippen molar-refractivity contribution < 1.29 is 19.7 Å². The van der Waals surface area contributed by atoms with E-state index in [2.05, 4.69) is 4.74 Å². The van der Waals surface area contributed by atoms with Crippen molar-refractivity contribution in [3.63, 3.8) is 0 Å². The van der Waals surface area contributed by atoms with E-state index in [1.165, 1.54) is 13.5 Å². The Morgan fingerprint density at radius 2 is 1.73 bits per heavy atom. The first kappa shape index (κ1) is 21.6. The summed E-state index contributed by atoms with van der Waals surface area (Å²) in [5.41, 5.74) is 5.94. The molecule has 0 bridgehead atoms. The molecule has 0 fully saturated rings. The van der Waals surface area contributed by atoms with Crippen LogP contribution in [0.5, 0.6) is 0 Å². The number of hydrogen-bond donors (Lipinski definition) is 3. The fourth-order valence-electron chi connectivity index (χ4n) is 2.44. The maximum Gasteiger partial charge on any atom is 0.305 e. The van der Waals surface area contributed by atoms with Gasteiger partial charge in [0, 0.05) is 31.9 Å². The number of methoxy groups -OCH3 is 1. The lowest BCUT2D eigenvalue weighted by molar-refractivity contribution is -0.140. The predicted octanol–water partition coefficient (Wildman–Crippen LogP) is 2.70. The van der Waals surface area contributed by atoms with Crippen LogP contribution in [-0.2, 0) is 9.53 Å². The molecule has 0 heterocycles. The number of rotatable bonds is 14. The van der Waals surface area contributed by atoms with Gasteiger partial charge in [-0.25, -0.2) is 0 Å². The number of unbranched alkanes of at least 4 members (excludes halogenated alkanes) is 6. The Morgan fingerprint density at radius 1 is 1.18 bits per heavy atom. The zero-order chi connectivity index (χ0) is 16.8. The summed E-state index contributed by atoms with van der Waals surface area (Å²) in [6.07, 6.45) is 9.38. The van der Waals surface area contributed by atoms with Gasteiger partial charge in [-0.2, -0.15) is 0 Å². The van der Waals surface area contributed by atoms with Crippen molar-refractivity contribution in [1.29, 1.82) is 0 Å². The average Bonchev–Trinajstić information content (AvgIpc) is 2.44. The molecule has 0 rings (SSSR count). The molecule has 2 unspecified atom stereocenters. The van der Waals surface area contributed by atoms with Gasteiger partial charge in [0.15, 0.2) is 0 Å². The van der Waals surface area contributed by atoms with Crippen molar-refractivity contribution >= 4 is 17.6 Å². The molecule has 6 heteroatoms. The first-order valence-electron chi connectivity index (χ1n) is 8.26. The highest BCUT2D eigenvalue weighted by atomic mass is 35.5. The van der Waals surface area contributed by atoms with Gasteiger partial charge in [-0.3, -0.25) is 4.79 Å². The standard InChI is InChI=1S/C16H32ClNO4/c1-22-15(20)10-8-6-4-2-3-5-7-9-14(18)13-16(17,21)11-12-19/h14,19,21H,2-13,18H2,1H3. The Labute approximate surface area is 139 Å². The van der Waals surface area contributed by atoms with E-state index in [4.69, 9.17) is 22.4 Å². The summed E-state index contributed by atoms with van der Waals surface area (Å²) in [6.45, 7) is -0.136. The number of carbonyl (C=O) groups is 1. The van der Waals surface area contributed by atoms with Crippen LogP contribution in [0.15, 0.2) is 0 Å². The Balaban J connectivity index is 3.40. The Kier molecular flexibility index (Phi) is 12.9. The molecule has 0 aromatic rings. The monoisotopic (exact) mass is 337 g/mol. The highest BCUT2D eigenvalue weighted by Crippen LogP contribution is 2.23. The second kappa shape index (κ2) is 13.1. The molecule has 132 valence electrons. The first-order chi connectivity index (χ1) is 10.4. The fourth-order valence-corrected chi connectivity index (χ4v) is 2.72. The van der Waals surface area contributed by atoms with Crippen LogP contribution in [-0.4, -0.2) is 41.0 Å². The molecule has 2 atom stereocenters. The van der Waals surface area contributed by atoms with Crippen LogP contribution in [0.1, 0.15) is 70.6 Å². The van der Waals surface area contributed by atoms with Gasteiger partial charge in [-0.1, -0.05) is 50.1 Å². The molecule has 0 spiro atoms. The molecule has 0 aromatic carbocycles. The second-order valence-electron chi connectivity index (χ2n) is 5.95. The predicted molar refractivity (Wildman–Crippen MR) is 88.7 cm³/mol. The molecule has 0 amide bonds. The number of alkyl halides is 1. The van der Waals surface area contributed by atoms with E-state index >= 15 is 0 Å². The van der Waals surface area contributed by atoms with Crippen LogP contribution >= 0.6 is 11.6 Å². The molecule has 5 nitrogen and oxygen atoms in total. The summed E-state index contributed by atoms with van der Waals surface area (Å²) >= 11 is 5.86. The Bertz CT molecular complexity index is 287. The molecule has 0 saturated carbocycles. The summed E-state index contributed by atoms with van der Waals surface area (Å²) in [7, 11) is 1.42. The number of aliphatic hydroxyl groups is 2. The third-order valence-corrected chi connectivity index (χ3v) is 4.10. The lowest BCUT2D eigenvalue weighted by atomic mass is 10.00. The Hall–Kier alpha value is -0.360. The molecule has 0 aromatic heterocycles. The van der Waals surface area contributed by atoms with E-state index in [0.29, 0.717) is 12.8 Å². The highest BCUT2D eigenvalue weighted by molar-refractivity contribution is 6.22. The number of halogens is 1. The topological polar surface area (TPSA) is 92.8 Å². The van der Waals surface area contributed by atoms with Crippen molar-refractivity contribution in [2.45, 2.75) is 81.7 Å². The summed E-state index contributed by atoms with van der Waals surface area (Å²) in [5.74, 6) is -0.130. The number of aliphatic hydroxyl groups excluding tert-OH is 1. The van der Waals surface area contributed by atoms with E-state index in [1.807, 2.05) is 0 Å². The van der Waals surface area contributed by atoms with E-state index in [9.17, 15) is 9.90 Å². The zero-order valence-electron chi connectivity index (χ0n) is 13.7. The summed E-state index contributed by atoms with van der Waals surface area (Å²) in [4.78, 5) is 10.9. The minimum absolute atomic E-state index is 0.130. The number of ether oxygens (including phenoxy) is 1. The van der Waals surface area contributed by atoms with Gasteiger partial charge in [0.25, 0.3) is 0 Å². The van der Waals surface area contributed by atoms with E-state index < -0.39 is 5.06 Å². The minimum atomic E-state index is -1.38. The third kappa shape index (κ3) is 13.3. The quantitative estimate of drug-likeness (QED) is 0.257. The number of carbonyl (C=O) groups excluding carboxylic acids is 1.